The number of amides is 2. The zero-order valence-electron chi connectivity index (χ0n) is 37.8. The van der Waals surface area contributed by atoms with Crippen molar-refractivity contribution >= 4 is 23.7 Å². The number of carbonyl (C=O) groups is 2. The quantitative estimate of drug-likeness (QED) is 0.0514. The Morgan fingerprint density at radius 3 is 1.27 bits per heavy atom. The smallest absolute Gasteiger partial charge is 0.277 e. The van der Waals surface area contributed by atoms with Crippen LogP contribution in [0, 0.1) is 41.5 Å². The van der Waals surface area contributed by atoms with Crippen LogP contribution in [0.3, 0.4) is 0 Å². The average molecular weight is 911 g/mol. The Morgan fingerprint density at radius 2 is 0.924 bits per heavy atom. The zero-order valence-corrected chi connectivity index (χ0v) is 37.8. The fourth-order valence-electron chi connectivity index (χ4n) is 6.74. The number of nitrogens with one attached hydrogen (secondary N) is 4. The summed E-state index contributed by atoms with van der Waals surface area (Å²) in [6.45, 7) is 14.9. The van der Waals surface area contributed by atoms with Gasteiger partial charge in [0.15, 0.2) is 12.2 Å². The normalized spacial score (nSPS) is 13.1. The molecule has 8 N–H and O–H groups in total. The number of nitrogens with zero attached hydrogens (tertiary/aromatic N) is 8. The first-order valence-electron chi connectivity index (χ1n) is 21.2. The molecule has 4 heterocycles. The molecule has 2 aromatic carbocycles. The van der Waals surface area contributed by atoms with E-state index in [1.807, 2.05) is 55.4 Å². The molecule has 0 spiro atoms. The molecule has 350 valence electrons. The summed E-state index contributed by atoms with van der Waals surface area (Å²) in [4.78, 5) is 51.8. The van der Waals surface area contributed by atoms with Crippen LogP contribution in [0.2, 0.25) is 0 Å². The van der Waals surface area contributed by atoms with E-state index in [1.54, 1.807) is 36.4 Å². The van der Waals surface area contributed by atoms with E-state index in [2.05, 4.69) is 61.5 Å². The molecule has 2 amide bonds. The number of anilines is 2. The van der Waals surface area contributed by atoms with Crippen molar-refractivity contribution in [3.63, 3.8) is 0 Å². The molecule has 6 rings (SSSR count). The largest absolute Gasteiger partial charge is 0.490 e. The van der Waals surface area contributed by atoms with E-state index in [9.17, 15) is 30.0 Å². The van der Waals surface area contributed by atoms with Crippen LogP contribution in [0.1, 0.15) is 47.5 Å². The Hall–Kier alpha value is -7.14. The number of benzene rings is 2. The zero-order chi connectivity index (χ0) is 47.7. The van der Waals surface area contributed by atoms with E-state index in [0.29, 0.717) is 92.9 Å². The molecule has 0 aliphatic carbocycles. The van der Waals surface area contributed by atoms with Crippen LogP contribution in [0.5, 0.6) is 11.5 Å². The van der Waals surface area contributed by atoms with Gasteiger partial charge < -0.3 is 60.2 Å². The predicted molar refractivity (Wildman–Crippen MR) is 239 cm³/mol. The van der Waals surface area contributed by atoms with Gasteiger partial charge in [0, 0.05) is 48.7 Å². The second-order valence-corrected chi connectivity index (χ2v) is 15.5. The topological polar surface area (TPSA) is 311 Å². The summed E-state index contributed by atoms with van der Waals surface area (Å²) in [5.41, 5.74) is 6.61. The Kier molecular flexibility index (Phi) is 15.9. The van der Waals surface area contributed by atoms with Crippen LogP contribution in [0.4, 0.5) is 11.9 Å². The molecule has 0 radical (unpaired) electrons. The number of aliphatic hydroxyl groups is 4. The van der Waals surface area contributed by atoms with Crippen molar-refractivity contribution in [3.05, 3.63) is 70.0 Å². The maximum absolute atomic E-state index is 12.6. The molecule has 66 heavy (non-hydrogen) atoms. The van der Waals surface area contributed by atoms with Gasteiger partial charge in [-0.15, -0.1) is 0 Å². The van der Waals surface area contributed by atoms with Crippen LogP contribution >= 0.6 is 0 Å². The van der Waals surface area contributed by atoms with Gasteiger partial charge in [-0.3, -0.25) is 9.59 Å². The van der Waals surface area contributed by atoms with E-state index in [4.69, 9.17) is 18.5 Å². The third-order valence-electron chi connectivity index (χ3n) is 9.81. The van der Waals surface area contributed by atoms with Crippen molar-refractivity contribution in [2.45, 2.75) is 79.8 Å². The van der Waals surface area contributed by atoms with Gasteiger partial charge in [-0.25, -0.2) is 19.9 Å². The van der Waals surface area contributed by atoms with Gasteiger partial charge in [-0.1, -0.05) is 10.3 Å². The minimum Gasteiger partial charge on any atom is -0.490 e. The van der Waals surface area contributed by atoms with Gasteiger partial charge in [-0.2, -0.15) is 9.97 Å². The molecule has 0 saturated heterocycles. The molecule has 4 aromatic heterocycles. The van der Waals surface area contributed by atoms with E-state index >= 15 is 0 Å². The lowest BCUT2D eigenvalue weighted by Gasteiger charge is -2.20. The molecular weight excluding hydrogens is 857 g/mol. The first kappa shape index (κ1) is 48.3. The molecule has 0 bridgehead atoms. The minimum atomic E-state index is -2.18. The van der Waals surface area contributed by atoms with Gasteiger partial charge in [0.2, 0.25) is 23.5 Å². The standard InChI is InChI=1S/C44H54N12O10/c1-9-45-43-49-25(7)15-31(51-43)41-53-37(55-65-41)27-11-21(3)35(22(4)12-27)63-19-29(57)17-47-39(61)33(59)34(60)40(62)48-18-30(58)20-64-36-23(5)13-28(14-24(36)6)38-54-42(66-56-38)32-16-26(8)50-44(52-32)46-10-2/h11-16,29-30,33-34,57-60H,9-10,17-20H2,1-8H3,(H,47,61)(H,48,62)(H,45,49,51)(H,46,50,52). The number of aryl methyl sites for hydroxylation is 6. The first-order valence-corrected chi connectivity index (χ1v) is 21.2. The fraction of sp³-hybridized carbons (Fsp3) is 0.409. The van der Waals surface area contributed by atoms with Crippen molar-refractivity contribution in [2.75, 3.05) is 50.0 Å². The molecule has 0 aliphatic rings. The lowest BCUT2D eigenvalue weighted by Crippen LogP contribution is -2.52. The van der Waals surface area contributed by atoms with Crippen LogP contribution in [-0.2, 0) is 9.59 Å². The summed E-state index contributed by atoms with van der Waals surface area (Å²) in [5, 5.41) is 60.9. The highest BCUT2D eigenvalue weighted by Crippen LogP contribution is 2.32. The van der Waals surface area contributed by atoms with Crippen molar-refractivity contribution in [3.8, 4) is 57.4 Å². The summed E-state index contributed by atoms with van der Waals surface area (Å²) in [6.07, 6.45) is -6.81. The van der Waals surface area contributed by atoms with Crippen LogP contribution in [0.25, 0.3) is 45.9 Å². The maximum Gasteiger partial charge on any atom is 0.277 e. The predicted octanol–water partition coefficient (Wildman–Crippen LogP) is 2.55. The van der Waals surface area contributed by atoms with Crippen molar-refractivity contribution < 1.29 is 48.5 Å². The molecule has 22 nitrogen and oxygen atoms in total. The van der Waals surface area contributed by atoms with E-state index in [0.717, 1.165) is 11.4 Å². The molecule has 6 aromatic rings. The summed E-state index contributed by atoms with van der Waals surface area (Å²) >= 11 is 0. The summed E-state index contributed by atoms with van der Waals surface area (Å²) in [5.74, 6) is 0.786. The summed E-state index contributed by atoms with van der Waals surface area (Å²) in [6, 6.07) is 10.7. The lowest BCUT2D eigenvalue weighted by atomic mass is 10.1. The lowest BCUT2D eigenvalue weighted by molar-refractivity contribution is -0.146. The number of aliphatic hydroxyl groups excluding tert-OH is 4. The molecule has 4 unspecified atom stereocenters. The highest BCUT2D eigenvalue weighted by atomic mass is 16.5. The van der Waals surface area contributed by atoms with Gasteiger partial charge in [-0.05, 0) is 114 Å². The first-order chi connectivity index (χ1) is 31.5. The second-order valence-electron chi connectivity index (χ2n) is 15.5. The Bertz CT molecular complexity index is 2430. The number of carbonyl (C=O) groups excluding carboxylic acids is 2. The van der Waals surface area contributed by atoms with Gasteiger partial charge in [0.05, 0.1) is 0 Å². The Labute approximate surface area is 379 Å². The van der Waals surface area contributed by atoms with Crippen molar-refractivity contribution in [1.82, 2.24) is 50.9 Å². The van der Waals surface area contributed by atoms with Gasteiger partial charge in [0.25, 0.3) is 23.6 Å². The molecular formula is C44H54N12O10. The van der Waals surface area contributed by atoms with Crippen LogP contribution in [-0.4, -0.2) is 136 Å². The number of ether oxygens (including phenoxy) is 2. The molecule has 0 saturated carbocycles. The highest BCUT2D eigenvalue weighted by molar-refractivity contribution is 5.90. The average Bonchev–Trinajstić information content (AvgIpc) is 3.98. The third-order valence-corrected chi connectivity index (χ3v) is 9.81. The van der Waals surface area contributed by atoms with E-state index < -0.39 is 36.2 Å². The number of hydrogen-bond acceptors (Lipinski definition) is 20. The second kappa shape index (κ2) is 21.7. The van der Waals surface area contributed by atoms with Crippen LogP contribution < -0.4 is 30.7 Å². The number of hydrogen-bond donors (Lipinski definition) is 8. The van der Waals surface area contributed by atoms with Gasteiger partial charge >= 0.3 is 0 Å². The number of rotatable bonds is 21. The SMILES string of the molecule is CCNc1nc(C)cc(-c2nc(-c3cc(C)c(OCC(O)CNC(=O)C(O)C(O)C(=O)NCC(O)COc4c(C)cc(-c5noc(-c6cc(C)nc(NCC)n6)n5)cc4C)c(C)c3)no2)n1. The summed E-state index contributed by atoms with van der Waals surface area (Å²) in [7, 11) is 0. The molecule has 0 fully saturated rings. The summed E-state index contributed by atoms with van der Waals surface area (Å²) < 4.78 is 22.7. The Balaban J connectivity index is 0.930. The molecule has 22 heteroatoms. The van der Waals surface area contributed by atoms with Gasteiger partial charge in [0.1, 0.15) is 48.3 Å². The maximum atomic E-state index is 12.6. The molecule has 0 aliphatic heterocycles. The van der Waals surface area contributed by atoms with Crippen LogP contribution in [0.15, 0.2) is 45.4 Å². The highest BCUT2D eigenvalue weighted by Gasteiger charge is 2.31. The van der Waals surface area contributed by atoms with E-state index in [1.165, 1.54) is 0 Å². The third kappa shape index (κ3) is 12.1. The number of aromatic nitrogens is 8. The minimum absolute atomic E-state index is 0.228. The Morgan fingerprint density at radius 1 is 0.561 bits per heavy atom. The van der Waals surface area contributed by atoms with E-state index in [-0.39, 0.29) is 38.1 Å². The fourth-order valence-corrected chi connectivity index (χ4v) is 6.74. The van der Waals surface area contributed by atoms with Crippen molar-refractivity contribution in [2.24, 2.45) is 0 Å². The van der Waals surface area contributed by atoms with Crippen molar-refractivity contribution in [1.29, 1.82) is 0 Å². The monoisotopic (exact) mass is 910 g/mol. The molecule has 4 atom stereocenters.